The number of nitrogens with one attached hydrogen (secondary N) is 1. The SMILES string of the molecule is O=C(NC(CO)c1cccc(Cl)c1)c1cc[c]cc1F. The van der Waals surface area contributed by atoms with Crippen LogP contribution in [0.15, 0.2) is 42.5 Å². The van der Waals surface area contributed by atoms with Crippen molar-refractivity contribution in [1.82, 2.24) is 5.32 Å². The van der Waals surface area contributed by atoms with Gasteiger partial charge in [-0.2, -0.15) is 0 Å². The molecule has 2 N–H and O–H groups in total. The normalized spacial score (nSPS) is 11.9. The van der Waals surface area contributed by atoms with E-state index in [1.54, 1.807) is 24.3 Å². The molecule has 1 amide bonds. The maximum Gasteiger partial charge on any atom is 0.254 e. The van der Waals surface area contributed by atoms with Gasteiger partial charge in [0, 0.05) is 5.02 Å². The molecule has 2 aromatic rings. The van der Waals surface area contributed by atoms with Gasteiger partial charge < -0.3 is 10.4 Å². The number of benzene rings is 2. The van der Waals surface area contributed by atoms with Gasteiger partial charge in [-0.1, -0.05) is 29.8 Å². The molecule has 2 aromatic carbocycles. The zero-order chi connectivity index (χ0) is 14.5. The van der Waals surface area contributed by atoms with Gasteiger partial charge in [0.2, 0.25) is 0 Å². The van der Waals surface area contributed by atoms with Crippen LogP contribution in [-0.4, -0.2) is 17.6 Å². The molecule has 0 saturated heterocycles. The molecule has 3 nitrogen and oxygen atoms in total. The van der Waals surface area contributed by atoms with Gasteiger partial charge in [-0.25, -0.2) is 4.39 Å². The van der Waals surface area contributed by atoms with E-state index in [0.29, 0.717) is 10.6 Å². The highest BCUT2D eigenvalue weighted by Gasteiger charge is 2.17. The van der Waals surface area contributed by atoms with Gasteiger partial charge in [0.15, 0.2) is 0 Å². The zero-order valence-electron chi connectivity index (χ0n) is 10.4. The maximum absolute atomic E-state index is 13.5. The van der Waals surface area contributed by atoms with Crippen molar-refractivity contribution < 1.29 is 14.3 Å². The Hall–Kier alpha value is -1.91. The van der Waals surface area contributed by atoms with E-state index in [9.17, 15) is 14.3 Å². The highest BCUT2D eigenvalue weighted by molar-refractivity contribution is 6.30. The van der Waals surface area contributed by atoms with Crippen LogP contribution in [0.2, 0.25) is 5.02 Å². The predicted molar refractivity (Wildman–Crippen MR) is 74.0 cm³/mol. The van der Waals surface area contributed by atoms with Gasteiger partial charge in [0.1, 0.15) is 5.82 Å². The van der Waals surface area contributed by atoms with Gasteiger partial charge in [-0.05, 0) is 35.9 Å². The highest BCUT2D eigenvalue weighted by atomic mass is 35.5. The number of halogens is 2. The number of rotatable bonds is 4. The third kappa shape index (κ3) is 3.35. The van der Waals surface area contributed by atoms with Crippen LogP contribution in [0.3, 0.4) is 0 Å². The summed E-state index contributed by atoms with van der Waals surface area (Å²) in [5, 5.41) is 12.4. The second kappa shape index (κ2) is 6.50. The summed E-state index contributed by atoms with van der Waals surface area (Å²) in [6.45, 7) is -0.313. The fourth-order valence-electron chi connectivity index (χ4n) is 1.79. The van der Waals surface area contributed by atoms with Crippen LogP contribution in [-0.2, 0) is 0 Å². The summed E-state index contributed by atoms with van der Waals surface area (Å²) < 4.78 is 13.5. The Bertz CT molecular complexity index is 618. The minimum Gasteiger partial charge on any atom is -0.394 e. The van der Waals surface area contributed by atoms with E-state index < -0.39 is 17.8 Å². The van der Waals surface area contributed by atoms with Crippen molar-refractivity contribution in [3.05, 3.63) is 70.5 Å². The Morgan fingerprint density at radius 2 is 2.25 bits per heavy atom. The maximum atomic E-state index is 13.5. The number of hydrogen-bond acceptors (Lipinski definition) is 2. The molecule has 0 fully saturated rings. The lowest BCUT2D eigenvalue weighted by Gasteiger charge is -2.17. The highest BCUT2D eigenvalue weighted by Crippen LogP contribution is 2.18. The Balaban J connectivity index is 2.19. The largest absolute Gasteiger partial charge is 0.394 e. The van der Waals surface area contributed by atoms with E-state index in [2.05, 4.69) is 11.4 Å². The van der Waals surface area contributed by atoms with Crippen molar-refractivity contribution in [2.24, 2.45) is 0 Å². The Kier molecular flexibility index (Phi) is 4.71. The summed E-state index contributed by atoms with van der Waals surface area (Å²) in [6.07, 6.45) is 0. The minimum atomic E-state index is -0.659. The Labute approximate surface area is 121 Å². The van der Waals surface area contributed by atoms with Gasteiger partial charge in [0.05, 0.1) is 18.2 Å². The van der Waals surface area contributed by atoms with Crippen LogP contribution in [0.4, 0.5) is 4.39 Å². The molecule has 0 heterocycles. The molecule has 0 bridgehead atoms. The fourth-order valence-corrected chi connectivity index (χ4v) is 1.99. The second-order valence-corrected chi connectivity index (χ2v) is 4.61. The molecule has 103 valence electrons. The standard InChI is InChI=1S/C15H12ClFNO2/c16-11-5-3-4-10(8-11)14(9-19)18-15(20)12-6-1-2-7-13(12)17/h1,3-8,14,19H,9H2,(H,18,20). The average Bonchev–Trinajstić information content (AvgIpc) is 2.45. The van der Waals surface area contributed by atoms with Crippen LogP contribution >= 0.6 is 11.6 Å². The summed E-state index contributed by atoms with van der Waals surface area (Å²) in [6, 6.07) is 12.5. The molecule has 1 unspecified atom stereocenters. The topological polar surface area (TPSA) is 49.3 Å². The summed E-state index contributed by atoms with van der Waals surface area (Å²) >= 11 is 5.87. The molecule has 0 saturated carbocycles. The summed E-state index contributed by atoms with van der Waals surface area (Å²) in [7, 11) is 0. The number of aliphatic hydroxyl groups is 1. The molecule has 1 atom stereocenters. The zero-order valence-corrected chi connectivity index (χ0v) is 11.2. The quantitative estimate of drug-likeness (QED) is 0.910. The summed E-state index contributed by atoms with van der Waals surface area (Å²) in [5.41, 5.74) is 0.556. The first-order valence-electron chi connectivity index (χ1n) is 5.94. The molecule has 0 spiro atoms. The number of amides is 1. The van der Waals surface area contributed by atoms with Crippen LogP contribution < -0.4 is 5.32 Å². The van der Waals surface area contributed by atoms with Crippen molar-refractivity contribution in [3.8, 4) is 0 Å². The minimum absolute atomic E-state index is 0.0933. The van der Waals surface area contributed by atoms with Crippen LogP contribution in [0.1, 0.15) is 22.0 Å². The van der Waals surface area contributed by atoms with Crippen molar-refractivity contribution in [2.45, 2.75) is 6.04 Å². The van der Waals surface area contributed by atoms with Gasteiger partial charge in [-0.3, -0.25) is 4.79 Å². The first-order chi connectivity index (χ1) is 9.61. The first kappa shape index (κ1) is 14.5. The molecule has 2 rings (SSSR count). The summed E-state index contributed by atoms with van der Waals surface area (Å²) in [5.74, 6) is -1.26. The third-order valence-electron chi connectivity index (χ3n) is 2.80. The van der Waals surface area contributed by atoms with Crippen molar-refractivity contribution in [1.29, 1.82) is 0 Å². The van der Waals surface area contributed by atoms with Gasteiger partial charge >= 0.3 is 0 Å². The van der Waals surface area contributed by atoms with E-state index in [0.717, 1.165) is 6.07 Å². The lowest BCUT2D eigenvalue weighted by molar-refractivity contribution is 0.0912. The van der Waals surface area contributed by atoms with Crippen molar-refractivity contribution in [2.75, 3.05) is 6.61 Å². The first-order valence-corrected chi connectivity index (χ1v) is 6.32. The monoisotopic (exact) mass is 292 g/mol. The second-order valence-electron chi connectivity index (χ2n) is 4.17. The number of hydrogen-bond donors (Lipinski definition) is 2. The van der Waals surface area contributed by atoms with E-state index in [1.807, 2.05) is 0 Å². The van der Waals surface area contributed by atoms with Crippen molar-refractivity contribution in [3.63, 3.8) is 0 Å². The van der Waals surface area contributed by atoms with Crippen LogP contribution in [0.5, 0.6) is 0 Å². The van der Waals surface area contributed by atoms with Crippen molar-refractivity contribution >= 4 is 17.5 Å². The van der Waals surface area contributed by atoms with E-state index >= 15 is 0 Å². The number of carbonyl (C=O) groups excluding carboxylic acids is 1. The molecular weight excluding hydrogens is 281 g/mol. The van der Waals surface area contributed by atoms with E-state index in [4.69, 9.17) is 11.6 Å². The molecule has 0 aliphatic heterocycles. The molecule has 5 heteroatoms. The molecule has 0 aliphatic carbocycles. The molecule has 0 aromatic heterocycles. The molecule has 1 radical (unpaired) electrons. The Morgan fingerprint density at radius 3 is 2.90 bits per heavy atom. The lowest BCUT2D eigenvalue weighted by Crippen LogP contribution is -2.31. The molecule has 0 aliphatic rings. The average molecular weight is 293 g/mol. The Morgan fingerprint density at radius 1 is 1.45 bits per heavy atom. The predicted octanol–water partition coefficient (Wildman–Crippen LogP) is 2.74. The van der Waals surface area contributed by atoms with E-state index in [1.165, 1.54) is 12.1 Å². The van der Waals surface area contributed by atoms with Gasteiger partial charge in [-0.15, -0.1) is 0 Å². The smallest absolute Gasteiger partial charge is 0.254 e. The molecular formula is C15H12ClFNO2. The third-order valence-corrected chi connectivity index (χ3v) is 3.03. The number of carbonyl (C=O) groups is 1. The van der Waals surface area contributed by atoms with Crippen LogP contribution in [0, 0.1) is 11.9 Å². The summed E-state index contributed by atoms with van der Waals surface area (Å²) in [4.78, 5) is 12.0. The fraction of sp³-hybridized carbons (Fsp3) is 0.133. The lowest BCUT2D eigenvalue weighted by atomic mass is 10.1. The molecule has 20 heavy (non-hydrogen) atoms. The van der Waals surface area contributed by atoms with Crippen LogP contribution in [0.25, 0.3) is 0 Å². The number of aliphatic hydroxyl groups excluding tert-OH is 1. The van der Waals surface area contributed by atoms with E-state index in [-0.39, 0.29) is 12.2 Å². The van der Waals surface area contributed by atoms with Gasteiger partial charge in [0.25, 0.3) is 5.91 Å².